The van der Waals surface area contributed by atoms with Gasteiger partial charge in [0.2, 0.25) is 0 Å². The average Bonchev–Trinajstić information content (AvgIpc) is 3.04. The Bertz CT molecular complexity index is 1450. The number of allylic oxidation sites excluding steroid dienone is 5. The molecule has 8 nitrogen and oxygen atoms in total. The van der Waals surface area contributed by atoms with E-state index in [2.05, 4.69) is 11.7 Å². The summed E-state index contributed by atoms with van der Waals surface area (Å²) < 4.78 is 69.0. The Morgan fingerprint density at radius 2 is 1.43 bits per heavy atom. The van der Waals surface area contributed by atoms with Crippen LogP contribution in [-0.2, 0) is 38.4 Å². The molecule has 0 unspecified atom stereocenters. The number of benzene rings is 2. The van der Waals surface area contributed by atoms with E-state index in [1.807, 2.05) is 43.4 Å². The van der Waals surface area contributed by atoms with Gasteiger partial charge in [0.05, 0.1) is 35.4 Å². The van der Waals surface area contributed by atoms with Crippen molar-refractivity contribution in [1.29, 1.82) is 0 Å². The molecule has 0 fully saturated rings. The number of sulfone groups is 1. The first-order valence-electron chi connectivity index (χ1n) is 16.0. The second-order valence-corrected chi connectivity index (χ2v) is 14.7. The smallest absolute Gasteiger partial charge is 0.305 e. The Morgan fingerprint density at radius 3 is 2.09 bits per heavy atom. The summed E-state index contributed by atoms with van der Waals surface area (Å²) in [5.41, 5.74) is 0.931. The minimum absolute atomic E-state index is 0.0623. The van der Waals surface area contributed by atoms with E-state index in [0.717, 1.165) is 44.1 Å². The third-order valence-corrected chi connectivity index (χ3v) is 10.3. The molecule has 0 bridgehead atoms. The molecule has 0 aromatic heterocycles. The number of unbranched alkanes of at least 4 members (excludes halogenated alkanes) is 3. The number of ether oxygens (including phenoxy) is 2. The van der Waals surface area contributed by atoms with E-state index >= 15 is 0 Å². The number of esters is 1. The molecule has 0 spiro atoms. The summed E-state index contributed by atoms with van der Waals surface area (Å²) in [5, 5.41) is 0. The average molecular weight is 675 g/mol. The van der Waals surface area contributed by atoms with Crippen LogP contribution in [0.2, 0.25) is 0 Å². The molecule has 0 saturated heterocycles. The van der Waals surface area contributed by atoms with Crippen LogP contribution in [-0.4, -0.2) is 54.5 Å². The molecular weight excluding hydrogens is 625 g/mol. The fourth-order valence-electron chi connectivity index (χ4n) is 4.56. The van der Waals surface area contributed by atoms with Gasteiger partial charge in [-0.3, -0.25) is 8.98 Å². The lowest BCUT2D eigenvalue weighted by atomic mass is 10.0. The summed E-state index contributed by atoms with van der Waals surface area (Å²) in [6, 6.07) is 14.7. The zero-order chi connectivity index (χ0) is 33.7. The van der Waals surface area contributed by atoms with Gasteiger partial charge in [0.1, 0.15) is 6.10 Å². The van der Waals surface area contributed by atoms with Gasteiger partial charge in [-0.25, -0.2) is 8.42 Å². The van der Waals surface area contributed by atoms with Crippen LogP contribution in [0.15, 0.2) is 101 Å². The highest BCUT2D eigenvalue weighted by atomic mass is 32.2. The molecule has 2 atom stereocenters. The summed E-state index contributed by atoms with van der Waals surface area (Å²) in [4.78, 5) is 11.4. The van der Waals surface area contributed by atoms with Crippen molar-refractivity contribution in [2.24, 2.45) is 0 Å². The van der Waals surface area contributed by atoms with Gasteiger partial charge >= 0.3 is 5.97 Å². The van der Waals surface area contributed by atoms with Crippen molar-refractivity contribution >= 4 is 25.9 Å². The molecule has 10 heteroatoms. The van der Waals surface area contributed by atoms with E-state index in [9.17, 15) is 21.6 Å². The topological polar surface area (TPSA) is 113 Å². The second kappa shape index (κ2) is 21.7. The van der Waals surface area contributed by atoms with Crippen LogP contribution in [0.5, 0.6) is 0 Å². The first kappa shape index (κ1) is 39.1. The largest absolute Gasteiger partial charge is 0.469 e. The SMILES string of the molecule is CCCCC[C@H](OCCS(=O)(=O)c1ccccc1)[C@H](C/C=C\C/C=C\C/C=C\CCCC(=O)OC)OS(=O)(=O)c1ccc(C)cc1. The normalized spacial score (nSPS) is 13.9. The van der Waals surface area contributed by atoms with E-state index in [1.54, 1.807) is 42.5 Å². The molecule has 0 aliphatic rings. The summed E-state index contributed by atoms with van der Waals surface area (Å²) >= 11 is 0. The van der Waals surface area contributed by atoms with Crippen molar-refractivity contribution in [3.05, 3.63) is 96.6 Å². The van der Waals surface area contributed by atoms with E-state index in [-0.39, 0.29) is 34.5 Å². The van der Waals surface area contributed by atoms with Crippen molar-refractivity contribution in [1.82, 2.24) is 0 Å². The Morgan fingerprint density at radius 1 is 0.783 bits per heavy atom. The minimum Gasteiger partial charge on any atom is -0.469 e. The van der Waals surface area contributed by atoms with Crippen molar-refractivity contribution in [3.63, 3.8) is 0 Å². The highest BCUT2D eigenvalue weighted by Gasteiger charge is 2.29. The standard InChI is InChI=1S/C36H50O8S2/c1-4-5-15-22-34(43-29-30-45(38,39)32-20-16-14-17-21-32)35(44-46(40,41)33-27-25-31(2)26-28-33)23-18-12-10-8-6-7-9-11-13-19-24-36(37)42-3/h6,8-9,11-12,14,16-18,20-21,25-28,34-35H,4-5,7,10,13,15,19,22-24,29-30H2,1-3H3/b8-6-,11-9-,18-12-/t34-,35-/m0/s1. The monoisotopic (exact) mass is 674 g/mol. The Kier molecular flexibility index (Phi) is 18.5. The van der Waals surface area contributed by atoms with E-state index in [0.29, 0.717) is 19.3 Å². The molecule has 0 aliphatic carbocycles. The molecule has 254 valence electrons. The quantitative estimate of drug-likeness (QED) is 0.0510. The summed E-state index contributed by atoms with van der Waals surface area (Å²) in [7, 11) is -6.27. The molecule has 0 radical (unpaired) electrons. The predicted molar refractivity (Wildman–Crippen MR) is 183 cm³/mol. The summed E-state index contributed by atoms with van der Waals surface area (Å²) in [6.07, 6.45) is 17.5. The molecule has 2 aromatic rings. The fourth-order valence-corrected chi connectivity index (χ4v) is 6.79. The summed E-state index contributed by atoms with van der Waals surface area (Å²) in [6.45, 7) is 3.88. The molecule has 46 heavy (non-hydrogen) atoms. The van der Waals surface area contributed by atoms with Crippen molar-refractivity contribution in [2.45, 2.75) is 100 Å². The molecule has 0 amide bonds. The van der Waals surface area contributed by atoms with Gasteiger partial charge in [-0.15, -0.1) is 0 Å². The highest BCUT2D eigenvalue weighted by molar-refractivity contribution is 7.91. The third-order valence-electron chi connectivity index (χ3n) is 7.25. The molecule has 0 heterocycles. The minimum atomic E-state index is -4.10. The van der Waals surface area contributed by atoms with E-state index in [1.165, 1.54) is 19.2 Å². The lowest BCUT2D eigenvalue weighted by Crippen LogP contribution is -2.35. The zero-order valence-corrected chi connectivity index (χ0v) is 29.0. The lowest BCUT2D eigenvalue weighted by molar-refractivity contribution is -0.140. The van der Waals surface area contributed by atoms with Crippen LogP contribution in [0.25, 0.3) is 0 Å². The Hall–Kier alpha value is -3.05. The second-order valence-electron chi connectivity index (χ2n) is 11.0. The maximum atomic E-state index is 13.3. The maximum Gasteiger partial charge on any atom is 0.305 e. The van der Waals surface area contributed by atoms with Crippen molar-refractivity contribution in [2.75, 3.05) is 19.5 Å². The number of methoxy groups -OCH3 is 1. The highest BCUT2D eigenvalue weighted by Crippen LogP contribution is 2.23. The van der Waals surface area contributed by atoms with Crippen LogP contribution in [0.4, 0.5) is 0 Å². The van der Waals surface area contributed by atoms with E-state index in [4.69, 9.17) is 8.92 Å². The maximum absolute atomic E-state index is 13.3. The number of carbonyl (C=O) groups is 1. The van der Waals surface area contributed by atoms with Gasteiger partial charge in [-0.1, -0.05) is 98.5 Å². The number of carbonyl (C=O) groups excluding carboxylic acids is 1. The molecule has 0 aliphatic heterocycles. The van der Waals surface area contributed by atoms with Crippen LogP contribution < -0.4 is 0 Å². The van der Waals surface area contributed by atoms with Crippen molar-refractivity contribution < 1.29 is 35.3 Å². The first-order valence-corrected chi connectivity index (χ1v) is 19.1. The zero-order valence-electron chi connectivity index (χ0n) is 27.4. The van der Waals surface area contributed by atoms with Gasteiger partial charge < -0.3 is 9.47 Å². The molecule has 0 saturated carbocycles. The van der Waals surface area contributed by atoms with Crippen LogP contribution >= 0.6 is 0 Å². The van der Waals surface area contributed by atoms with Crippen LogP contribution in [0, 0.1) is 6.92 Å². The fraction of sp³-hybridized carbons (Fsp3) is 0.472. The number of rotatable bonds is 23. The van der Waals surface area contributed by atoms with Gasteiger partial charge in [0, 0.05) is 6.42 Å². The number of hydrogen-bond acceptors (Lipinski definition) is 8. The van der Waals surface area contributed by atoms with Crippen LogP contribution in [0.1, 0.15) is 76.7 Å². The van der Waals surface area contributed by atoms with Crippen molar-refractivity contribution in [3.8, 4) is 0 Å². The third kappa shape index (κ3) is 15.5. The lowest BCUT2D eigenvalue weighted by Gasteiger charge is -2.26. The van der Waals surface area contributed by atoms with E-state index < -0.39 is 32.2 Å². The molecule has 0 N–H and O–H groups in total. The molecule has 2 rings (SSSR count). The van der Waals surface area contributed by atoms with Gasteiger partial charge in [-0.2, -0.15) is 8.42 Å². The Labute approximate surface area is 276 Å². The van der Waals surface area contributed by atoms with Gasteiger partial charge in [0.15, 0.2) is 9.84 Å². The van der Waals surface area contributed by atoms with Gasteiger partial charge in [-0.05, 0) is 69.7 Å². The number of hydrogen-bond donors (Lipinski definition) is 0. The first-order chi connectivity index (χ1) is 22.1. The van der Waals surface area contributed by atoms with Crippen LogP contribution in [0.3, 0.4) is 0 Å². The predicted octanol–water partition coefficient (Wildman–Crippen LogP) is 7.69. The van der Waals surface area contributed by atoms with Gasteiger partial charge in [0.25, 0.3) is 10.1 Å². The Balaban J connectivity index is 2.09. The number of aryl methyl sites for hydroxylation is 1. The molecule has 2 aromatic carbocycles. The summed E-state index contributed by atoms with van der Waals surface area (Å²) in [5.74, 6) is -0.422. The molecular formula is C36H50O8S2.